The zero-order chi connectivity index (χ0) is 14.5. The lowest BCUT2D eigenvalue weighted by Gasteiger charge is -2.14. The summed E-state index contributed by atoms with van der Waals surface area (Å²) in [5.41, 5.74) is 1.43. The van der Waals surface area contributed by atoms with E-state index in [1.165, 1.54) is 25.6 Å². The predicted octanol–water partition coefficient (Wildman–Crippen LogP) is 2.86. The first-order valence-electron chi connectivity index (χ1n) is 5.93. The van der Waals surface area contributed by atoms with Crippen LogP contribution >= 0.6 is 11.3 Å². The van der Waals surface area contributed by atoms with Crippen LogP contribution in [0.5, 0.6) is 17.2 Å². The number of aryl methyl sites for hydroxylation is 1. The third kappa shape index (κ3) is 3.08. The molecule has 106 valence electrons. The van der Waals surface area contributed by atoms with Gasteiger partial charge in [0, 0.05) is 16.6 Å². The molecule has 0 saturated carbocycles. The number of hydrogen-bond acceptors (Lipinski definition) is 6. The van der Waals surface area contributed by atoms with E-state index in [0.717, 1.165) is 17.0 Å². The van der Waals surface area contributed by atoms with Gasteiger partial charge in [0.2, 0.25) is 5.75 Å². The van der Waals surface area contributed by atoms with Gasteiger partial charge in [0.1, 0.15) is 17.9 Å². The predicted molar refractivity (Wildman–Crippen MR) is 76.1 cm³/mol. The maximum absolute atomic E-state index is 10.9. The molecule has 0 bridgehead atoms. The van der Waals surface area contributed by atoms with E-state index in [1.807, 2.05) is 12.3 Å². The quantitative estimate of drug-likeness (QED) is 0.766. The first-order chi connectivity index (χ1) is 9.67. The molecule has 0 amide bonds. The molecule has 0 fully saturated rings. The Morgan fingerprint density at radius 3 is 2.35 bits per heavy atom. The van der Waals surface area contributed by atoms with Crippen molar-refractivity contribution >= 4 is 17.6 Å². The van der Waals surface area contributed by atoms with Crippen molar-refractivity contribution in [2.24, 2.45) is 0 Å². The summed E-state index contributed by atoms with van der Waals surface area (Å²) in [7, 11) is 3.04. The number of aromatic nitrogens is 1. The molecule has 0 aliphatic carbocycles. The number of thiazole rings is 1. The van der Waals surface area contributed by atoms with Crippen molar-refractivity contribution in [3.63, 3.8) is 0 Å². The van der Waals surface area contributed by atoms with E-state index >= 15 is 0 Å². The topological polar surface area (TPSA) is 57.7 Å². The Balaban J connectivity index is 2.27. The van der Waals surface area contributed by atoms with E-state index in [9.17, 15) is 4.79 Å². The van der Waals surface area contributed by atoms with Crippen LogP contribution in [0.25, 0.3) is 0 Å². The van der Waals surface area contributed by atoms with E-state index in [1.54, 1.807) is 12.1 Å². The van der Waals surface area contributed by atoms with Gasteiger partial charge in [-0.2, -0.15) is 0 Å². The number of nitrogens with zero attached hydrogens (tertiary/aromatic N) is 1. The van der Waals surface area contributed by atoms with Crippen molar-refractivity contribution in [2.45, 2.75) is 13.5 Å². The normalized spacial score (nSPS) is 10.2. The Hall–Kier alpha value is -2.08. The minimum atomic E-state index is 0.325. The van der Waals surface area contributed by atoms with Crippen molar-refractivity contribution in [1.82, 2.24) is 4.98 Å². The maximum Gasteiger partial charge on any atom is 0.204 e. The summed E-state index contributed by atoms with van der Waals surface area (Å²) in [6.45, 7) is 2.26. The fourth-order valence-corrected chi connectivity index (χ4v) is 2.40. The smallest absolute Gasteiger partial charge is 0.204 e. The number of ether oxygens (including phenoxy) is 3. The lowest BCUT2D eigenvalue weighted by atomic mass is 10.2. The highest BCUT2D eigenvalue weighted by Crippen LogP contribution is 2.38. The van der Waals surface area contributed by atoms with Gasteiger partial charge in [-0.15, -0.1) is 11.3 Å². The van der Waals surface area contributed by atoms with Gasteiger partial charge in [0.25, 0.3) is 0 Å². The molecule has 0 aliphatic rings. The summed E-state index contributed by atoms with van der Waals surface area (Å²) in [6, 6.07) is 3.22. The van der Waals surface area contributed by atoms with Gasteiger partial charge in [0.05, 0.1) is 14.2 Å². The van der Waals surface area contributed by atoms with Crippen molar-refractivity contribution in [1.29, 1.82) is 0 Å². The van der Waals surface area contributed by atoms with Crippen LogP contribution in [0.3, 0.4) is 0 Å². The van der Waals surface area contributed by atoms with E-state index in [4.69, 9.17) is 14.2 Å². The molecule has 1 aromatic heterocycles. The summed E-state index contributed by atoms with van der Waals surface area (Å²) in [5.74, 6) is 1.38. The number of rotatable bonds is 6. The molecule has 5 nitrogen and oxygen atoms in total. The molecule has 2 rings (SSSR count). The van der Waals surface area contributed by atoms with Crippen molar-refractivity contribution < 1.29 is 19.0 Å². The molecule has 0 N–H and O–H groups in total. The number of aldehydes is 1. The fourth-order valence-electron chi connectivity index (χ4n) is 1.71. The second-order valence-electron chi connectivity index (χ2n) is 4.04. The average molecular weight is 293 g/mol. The van der Waals surface area contributed by atoms with E-state index in [2.05, 4.69) is 4.98 Å². The summed E-state index contributed by atoms with van der Waals surface area (Å²) < 4.78 is 16.2. The van der Waals surface area contributed by atoms with E-state index in [0.29, 0.717) is 29.4 Å². The fraction of sp³-hybridized carbons (Fsp3) is 0.286. The van der Waals surface area contributed by atoms with E-state index in [-0.39, 0.29) is 0 Å². The van der Waals surface area contributed by atoms with Gasteiger partial charge in [0.15, 0.2) is 11.5 Å². The average Bonchev–Trinajstić information content (AvgIpc) is 2.89. The second kappa shape index (κ2) is 6.38. The van der Waals surface area contributed by atoms with Crippen LogP contribution in [-0.4, -0.2) is 25.5 Å². The largest absolute Gasteiger partial charge is 0.493 e. The molecule has 0 aliphatic heterocycles. The number of hydrogen-bond donors (Lipinski definition) is 0. The Labute approximate surface area is 121 Å². The lowest BCUT2D eigenvalue weighted by Crippen LogP contribution is -2.01. The summed E-state index contributed by atoms with van der Waals surface area (Å²) >= 11 is 1.53. The number of benzene rings is 1. The molecule has 0 radical (unpaired) electrons. The molecule has 0 saturated heterocycles. The number of methoxy groups -OCH3 is 2. The first-order valence-corrected chi connectivity index (χ1v) is 6.81. The summed E-state index contributed by atoms with van der Waals surface area (Å²) in [5, 5.41) is 2.83. The first kappa shape index (κ1) is 14.3. The van der Waals surface area contributed by atoms with Crippen LogP contribution < -0.4 is 14.2 Å². The molecular weight excluding hydrogens is 278 g/mol. The zero-order valence-electron chi connectivity index (χ0n) is 11.5. The van der Waals surface area contributed by atoms with Crippen molar-refractivity contribution in [3.05, 3.63) is 33.8 Å². The SMILES string of the molecule is COc1cc(C=O)cc(OC)c1OCc1nc(C)cs1. The third-order valence-electron chi connectivity index (χ3n) is 2.63. The molecule has 0 spiro atoms. The third-order valence-corrected chi connectivity index (χ3v) is 3.57. The van der Waals surface area contributed by atoms with Crippen LogP contribution in [0.1, 0.15) is 21.1 Å². The minimum absolute atomic E-state index is 0.325. The van der Waals surface area contributed by atoms with Crippen molar-refractivity contribution in [3.8, 4) is 17.2 Å². The van der Waals surface area contributed by atoms with Gasteiger partial charge in [-0.1, -0.05) is 0 Å². The Morgan fingerprint density at radius 1 is 1.25 bits per heavy atom. The van der Waals surface area contributed by atoms with Crippen molar-refractivity contribution in [2.75, 3.05) is 14.2 Å². The standard InChI is InChI=1S/C14H15NO4S/c1-9-8-20-13(15-9)7-19-14-11(17-2)4-10(6-16)5-12(14)18-3/h4-6,8H,7H2,1-3H3. The highest BCUT2D eigenvalue weighted by Gasteiger charge is 2.14. The minimum Gasteiger partial charge on any atom is -0.493 e. The summed E-state index contributed by atoms with van der Waals surface area (Å²) in [4.78, 5) is 15.2. The van der Waals surface area contributed by atoms with Crippen LogP contribution in [0, 0.1) is 6.92 Å². The van der Waals surface area contributed by atoms with Crippen LogP contribution in [0.4, 0.5) is 0 Å². The van der Waals surface area contributed by atoms with E-state index < -0.39 is 0 Å². The van der Waals surface area contributed by atoms with Gasteiger partial charge in [-0.3, -0.25) is 4.79 Å². The van der Waals surface area contributed by atoms with Crippen LogP contribution in [-0.2, 0) is 6.61 Å². The second-order valence-corrected chi connectivity index (χ2v) is 4.99. The van der Waals surface area contributed by atoms with Crippen LogP contribution in [0.2, 0.25) is 0 Å². The highest BCUT2D eigenvalue weighted by atomic mass is 32.1. The highest BCUT2D eigenvalue weighted by molar-refractivity contribution is 7.09. The van der Waals surface area contributed by atoms with Crippen LogP contribution in [0.15, 0.2) is 17.5 Å². The maximum atomic E-state index is 10.9. The van der Waals surface area contributed by atoms with Gasteiger partial charge < -0.3 is 14.2 Å². The monoisotopic (exact) mass is 293 g/mol. The molecule has 1 heterocycles. The Morgan fingerprint density at radius 2 is 1.90 bits per heavy atom. The Kier molecular flexibility index (Phi) is 4.57. The van der Waals surface area contributed by atoms with Gasteiger partial charge in [-0.05, 0) is 19.1 Å². The van der Waals surface area contributed by atoms with Gasteiger partial charge >= 0.3 is 0 Å². The zero-order valence-corrected chi connectivity index (χ0v) is 12.3. The number of carbonyl (C=O) groups excluding carboxylic acids is 1. The number of carbonyl (C=O) groups is 1. The molecule has 1 aromatic carbocycles. The molecular formula is C14H15NO4S. The molecule has 2 aromatic rings. The Bertz CT molecular complexity index is 584. The lowest BCUT2D eigenvalue weighted by molar-refractivity contribution is 0.112. The summed E-state index contributed by atoms with van der Waals surface area (Å²) in [6.07, 6.45) is 0.735. The molecule has 0 unspecified atom stereocenters. The molecule has 20 heavy (non-hydrogen) atoms. The molecule has 0 atom stereocenters. The molecule has 6 heteroatoms. The van der Waals surface area contributed by atoms with Gasteiger partial charge in [-0.25, -0.2) is 4.98 Å².